The summed E-state index contributed by atoms with van der Waals surface area (Å²) in [4.78, 5) is 23.6. The third kappa shape index (κ3) is 8.24. The minimum absolute atomic E-state index is 0.0857. The van der Waals surface area contributed by atoms with E-state index in [4.69, 9.17) is 9.29 Å². The molecule has 0 spiro atoms. The van der Waals surface area contributed by atoms with E-state index in [1.807, 2.05) is 28.7 Å². The van der Waals surface area contributed by atoms with E-state index in [1.165, 1.54) is 0 Å². The first-order valence-electron chi connectivity index (χ1n) is 7.73. The standard InChI is InChI=1S/C15H14F3I3O7S/c16-11(15(17,18)29(24,25)26)3-5-27-12(22)2-1-4-28-14(23)9-6-8(19)7-10(20)13(9)21/h6-7,11H,1-5H2,(H,24,25,26). The van der Waals surface area contributed by atoms with Crippen molar-refractivity contribution < 1.29 is 45.2 Å². The molecule has 1 atom stereocenters. The summed E-state index contributed by atoms with van der Waals surface area (Å²) in [6.07, 6.45) is -4.48. The lowest BCUT2D eigenvalue weighted by Gasteiger charge is -2.17. The van der Waals surface area contributed by atoms with E-state index in [0.717, 1.165) is 10.7 Å². The molecular formula is C15H14F3I3O7S. The van der Waals surface area contributed by atoms with Crippen molar-refractivity contribution in [1.29, 1.82) is 0 Å². The lowest BCUT2D eigenvalue weighted by molar-refractivity contribution is -0.145. The average molecular weight is 776 g/mol. The molecule has 0 heterocycles. The van der Waals surface area contributed by atoms with Crippen LogP contribution in [0, 0.1) is 10.7 Å². The van der Waals surface area contributed by atoms with Gasteiger partial charge in [0.05, 0.1) is 18.8 Å². The molecule has 1 rings (SSSR count). The number of carbonyl (C=O) groups excluding carboxylic acids is 2. The molecule has 7 nitrogen and oxygen atoms in total. The molecule has 1 unspecified atom stereocenters. The molecule has 0 radical (unpaired) electrons. The predicted octanol–water partition coefficient (Wildman–Crippen LogP) is 4.19. The van der Waals surface area contributed by atoms with Crippen molar-refractivity contribution in [1.82, 2.24) is 0 Å². The number of carbonyl (C=O) groups is 2. The van der Waals surface area contributed by atoms with Crippen molar-refractivity contribution in [2.75, 3.05) is 13.2 Å². The summed E-state index contributed by atoms with van der Waals surface area (Å²) < 4.78 is 80.4. The van der Waals surface area contributed by atoms with Crippen LogP contribution in [0.15, 0.2) is 12.1 Å². The topological polar surface area (TPSA) is 107 Å². The first-order chi connectivity index (χ1) is 13.3. The van der Waals surface area contributed by atoms with E-state index in [0.29, 0.717) is 5.56 Å². The first kappa shape index (κ1) is 27.1. The molecule has 0 aliphatic heterocycles. The molecule has 0 amide bonds. The van der Waals surface area contributed by atoms with E-state index in [-0.39, 0.29) is 19.4 Å². The Morgan fingerprint density at radius 2 is 1.76 bits per heavy atom. The normalized spacial score (nSPS) is 13.1. The van der Waals surface area contributed by atoms with Gasteiger partial charge in [-0.2, -0.15) is 17.2 Å². The summed E-state index contributed by atoms with van der Waals surface area (Å²) in [5, 5.41) is -4.99. The van der Waals surface area contributed by atoms with Gasteiger partial charge in [-0.25, -0.2) is 9.18 Å². The number of halogens is 6. The highest BCUT2D eigenvalue weighted by molar-refractivity contribution is 14.1. The van der Waals surface area contributed by atoms with Crippen LogP contribution in [0.1, 0.15) is 29.6 Å². The van der Waals surface area contributed by atoms with Gasteiger partial charge in [0.25, 0.3) is 0 Å². The minimum atomic E-state index is -5.91. The van der Waals surface area contributed by atoms with Crippen LogP contribution in [0.4, 0.5) is 13.2 Å². The van der Waals surface area contributed by atoms with Gasteiger partial charge < -0.3 is 9.47 Å². The van der Waals surface area contributed by atoms with Crippen LogP contribution >= 0.6 is 67.8 Å². The Balaban J connectivity index is 2.36. The molecule has 0 bridgehead atoms. The van der Waals surface area contributed by atoms with Crippen LogP contribution in [0.25, 0.3) is 0 Å². The van der Waals surface area contributed by atoms with Gasteiger partial charge in [0.15, 0.2) is 6.17 Å². The highest BCUT2D eigenvalue weighted by atomic mass is 127. The van der Waals surface area contributed by atoms with Crippen molar-refractivity contribution in [2.45, 2.75) is 30.7 Å². The molecule has 0 aliphatic carbocycles. The molecule has 29 heavy (non-hydrogen) atoms. The number of rotatable bonds is 10. The van der Waals surface area contributed by atoms with E-state index in [1.54, 1.807) is 6.07 Å². The number of benzene rings is 1. The molecule has 14 heteroatoms. The van der Waals surface area contributed by atoms with Gasteiger partial charge in [-0.3, -0.25) is 9.35 Å². The summed E-state index contributed by atoms with van der Waals surface area (Å²) in [7, 11) is -5.91. The van der Waals surface area contributed by atoms with Crippen molar-refractivity contribution in [2.24, 2.45) is 0 Å². The van der Waals surface area contributed by atoms with Gasteiger partial charge in [-0.05, 0) is 86.3 Å². The second-order valence-electron chi connectivity index (χ2n) is 5.50. The van der Waals surface area contributed by atoms with Crippen LogP contribution < -0.4 is 0 Å². The summed E-state index contributed by atoms with van der Waals surface area (Å²) in [5.74, 6) is -1.42. The van der Waals surface area contributed by atoms with Crippen molar-refractivity contribution >= 4 is 89.8 Å². The number of hydrogen-bond acceptors (Lipinski definition) is 6. The zero-order valence-corrected chi connectivity index (χ0v) is 21.6. The molecule has 0 saturated carbocycles. The quantitative estimate of drug-likeness (QED) is 0.125. The van der Waals surface area contributed by atoms with E-state index >= 15 is 0 Å². The second-order valence-corrected chi connectivity index (χ2v) is 10.5. The molecular weight excluding hydrogens is 762 g/mol. The Kier molecular flexibility index (Phi) is 10.8. The maximum absolute atomic E-state index is 13.2. The van der Waals surface area contributed by atoms with Crippen molar-refractivity contribution in [3.63, 3.8) is 0 Å². The van der Waals surface area contributed by atoms with Gasteiger partial charge in [0.2, 0.25) is 0 Å². The Morgan fingerprint density at radius 3 is 2.34 bits per heavy atom. The van der Waals surface area contributed by atoms with Gasteiger partial charge in [0, 0.05) is 23.6 Å². The lowest BCUT2D eigenvalue weighted by Crippen LogP contribution is -2.39. The van der Waals surface area contributed by atoms with E-state index in [2.05, 4.69) is 49.9 Å². The van der Waals surface area contributed by atoms with Crippen LogP contribution in [-0.4, -0.2) is 49.5 Å². The summed E-state index contributed by atoms with van der Waals surface area (Å²) in [6.45, 7) is -0.900. The highest BCUT2D eigenvalue weighted by Crippen LogP contribution is 2.29. The molecule has 0 aliphatic rings. The fourth-order valence-electron chi connectivity index (χ4n) is 1.84. The average Bonchev–Trinajstić information content (AvgIpc) is 2.60. The number of ether oxygens (including phenoxy) is 2. The maximum atomic E-state index is 13.2. The monoisotopic (exact) mass is 776 g/mol. The Bertz CT molecular complexity index is 865. The van der Waals surface area contributed by atoms with Gasteiger partial charge >= 0.3 is 27.3 Å². The third-order valence-electron chi connectivity index (χ3n) is 3.31. The zero-order chi connectivity index (χ0) is 22.4. The van der Waals surface area contributed by atoms with Gasteiger partial charge in [0.1, 0.15) is 0 Å². The highest BCUT2D eigenvalue weighted by Gasteiger charge is 2.52. The van der Waals surface area contributed by atoms with E-state index < -0.39 is 46.5 Å². The van der Waals surface area contributed by atoms with Gasteiger partial charge in [-0.15, -0.1) is 0 Å². The fraction of sp³-hybridized carbons (Fsp3) is 0.467. The number of alkyl halides is 3. The Labute approximate surface area is 205 Å². The maximum Gasteiger partial charge on any atom is 0.400 e. The minimum Gasteiger partial charge on any atom is -0.466 e. The summed E-state index contributed by atoms with van der Waals surface area (Å²) in [5.41, 5.74) is 0.387. The molecule has 0 saturated heterocycles. The number of hydrogen-bond donors (Lipinski definition) is 1. The van der Waals surface area contributed by atoms with Crippen LogP contribution in [0.5, 0.6) is 0 Å². The first-order valence-corrected chi connectivity index (χ1v) is 12.4. The largest absolute Gasteiger partial charge is 0.466 e. The SMILES string of the molecule is O=C(CCCOC(=O)c1cc(I)cc(I)c1I)OCCC(F)C(F)(F)S(=O)(=O)O. The Morgan fingerprint density at radius 1 is 1.14 bits per heavy atom. The van der Waals surface area contributed by atoms with Crippen LogP contribution in [-0.2, 0) is 24.4 Å². The van der Waals surface area contributed by atoms with Crippen LogP contribution in [0.2, 0.25) is 0 Å². The molecule has 0 fully saturated rings. The van der Waals surface area contributed by atoms with E-state index in [9.17, 15) is 31.2 Å². The summed E-state index contributed by atoms with van der Waals surface area (Å²) in [6, 6.07) is 3.56. The Hall–Kier alpha value is 0.0500. The van der Waals surface area contributed by atoms with Crippen molar-refractivity contribution in [3.8, 4) is 0 Å². The molecule has 1 N–H and O–H groups in total. The molecule has 1 aromatic rings. The zero-order valence-electron chi connectivity index (χ0n) is 14.3. The lowest BCUT2D eigenvalue weighted by atomic mass is 10.2. The number of esters is 2. The van der Waals surface area contributed by atoms with Crippen LogP contribution in [0.3, 0.4) is 0 Å². The predicted molar refractivity (Wildman–Crippen MR) is 121 cm³/mol. The smallest absolute Gasteiger partial charge is 0.400 e. The van der Waals surface area contributed by atoms with Crippen molar-refractivity contribution in [3.05, 3.63) is 28.4 Å². The molecule has 0 aromatic heterocycles. The summed E-state index contributed by atoms with van der Waals surface area (Å²) >= 11 is 6.17. The second kappa shape index (κ2) is 11.6. The fourth-order valence-corrected chi connectivity index (χ4v) is 4.66. The molecule has 1 aromatic carbocycles. The third-order valence-corrected chi connectivity index (χ3v) is 7.93. The van der Waals surface area contributed by atoms with Gasteiger partial charge in [-0.1, -0.05) is 0 Å². The molecule has 164 valence electrons.